The highest BCUT2D eigenvalue weighted by Gasteiger charge is 2.06. The van der Waals surface area contributed by atoms with Gasteiger partial charge in [0.15, 0.2) is 0 Å². The van der Waals surface area contributed by atoms with Crippen LogP contribution in [0.4, 0.5) is 4.39 Å². The van der Waals surface area contributed by atoms with Crippen molar-refractivity contribution in [1.82, 2.24) is 4.98 Å². The van der Waals surface area contributed by atoms with Gasteiger partial charge < -0.3 is 4.74 Å². The second-order valence-corrected chi connectivity index (χ2v) is 4.38. The number of methoxy groups -OCH3 is 1. The number of nitrogens with zero attached hydrogens (tertiary/aromatic N) is 1. The van der Waals surface area contributed by atoms with Gasteiger partial charge in [0, 0.05) is 30.9 Å². The van der Waals surface area contributed by atoms with E-state index in [0.717, 1.165) is 42.5 Å². The molecule has 0 amide bonds. The zero-order chi connectivity index (χ0) is 13.0. The molecule has 1 aromatic carbocycles. The topological polar surface area (TPSA) is 22.1 Å². The van der Waals surface area contributed by atoms with E-state index in [4.69, 9.17) is 4.74 Å². The largest absolute Gasteiger partial charge is 0.385 e. The van der Waals surface area contributed by atoms with E-state index in [1.165, 1.54) is 17.7 Å². The van der Waals surface area contributed by atoms with Crippen molar-refractivity contribution in [1.29, 1.82) is 0 Å². The van der Waals surface area contributed by atoms with Crippen LogP contribution in [0.15, 0.2) is 24.3 Å². The molecule has 2 rings (SSSR count). The lowest BCUT2D eigenvalue weighted by molar-refractivity contribution is 0.195. The molecule has 18 heavy (non-hydrogen) atoms. The van der Waals surface area contributed by atoms with Crippen molar-refractivity contribution in [2.75, 3.05) is 13.7 Å². The number of benzene rings is 1. The van der Waals surface area contributed by atoms with E-state index in [2.05, 4.69) is 18.0 Å². The van der Waals surface area contributed by atoms with Crippen LogP contribution in [0.2, 0.25) is 0 Å². The fourth-order valence-electron chi connectivity index (χ4n) is 2.13. The van der Waals surface area contributed by atoms with Crippen LogP contribution >= 0.6 is 0 Å². The van der Waals surface area contributed by atoms with Gasteiger partial charge in [-0.3, -0.25) is 4.98 Å². The van der Waals surface area contributed by atoms with Crippen LogP contribution in [0, 0.1) is 5.82 Å². The molecule has 1 heterocycles. The third-order valence-electron chi connectivity index (χ3n) is 3.09. The van der Waals surface area contributed by atoms with E-state index in [1.807, 2.05) is 0 Å². The lowest BCUT2D eigenvalue weighted by Gasteiger charge is -2.09. The van der Waals surface area contributed by atoms with Gasteiger partial charge in [-0.05, 0) is 43.0 Å². The molecule has 0 saturated heterocycles. The average Bonchev–Trinajstić information content (AvgIpc) is 2.38. The number of aromatic nitrogens is 1. The molecule has 0 bridgehead atoms. The Labute approximate surface area is 107 Å². The number of hydrogen-bond donors (Lipinski definition) is 0. The smallest absolute Gasteiger partial charge is 0.125 e. The van der Waals surface area contributed by atoms with Crippen LogP contribution in [-0.4, -0.2) is 18.7 Å². The number of halogens is 1. The molecule has 0 aliphatic carbocycles. The molecule has 0 fully saturated rings. The average molecular weight is 247 g/mol. The quantitative estimate of drug-likeness (QED) is 0.754. The third-order valence-corrected chi connectivity index (χ3v) is 3.09. The molecule has 0 aliphatic heterocycles. The second kappa shape index (κ2) is 5.91. The Kier molecular flexibility index (Phi) is 4.26. The lowest BCUT2D eigenvalue weighted by atomic mass is 10.0. The summed E-state index contributed by atoms with van der Waals surface area (Å²) in [6, 6.07) is 6.88. The van der Waals surface area contributed by atoms with E-state index in [1.54, 1.807) is 13.2 Å². The number of pyridine rings is 1. The summed E-state index contributed by atoms with van der Waals surface area (Å²) in [5.41, 5.74) is 3.04. The number of rotatable bonds is 5. The molecule has 0 radical (unpaired) electrons. The van der Waals surface area contributed by atoms with Gasteiger partial charge in [0.1, 0.15) is 5.82 Å². The van der Waals surface area contributed by atoms with Gasteiger partial charge in [-0.1, -0.05) is 6.92 Å². The number of hydrogen-bond acceptors (Lipinski definition) is 2. The Morgan fingerprint density at radius 2 is 2.11 bits per heavy atom. The molecular formula is C15H18FNO. The first-order valence-electron chi connectivity index (χ1n) is 6.31. The maximum Gasteiger partial charge on any atom is 0.125 e. The van der Waals surface area contributed by atoms with Gasteiger partial charge in [-0.25, -0.2) is 4.39 Å². The van der Waals surface area contributed by atoms with E-state index >= 15 is 0 Å². The minimum atomic E-state index is -0.234. The van der Waals surface area contributed by atoms with E-state index in [0.29, 0.717) is 0 Å². The molecule has 0 unspecified atom stereocenters. The summed E-state index contributed by atoms with van der Waals surface area (Å²) in [5.74, 6) is -0.234. The van der Waals surface area contributed by atoms with E-state index in [9.17, 15) is 4.39 Å². The minimum absolute atomic E-state index is 0.234. The summed E-state index contributed by atoms with van der Waals surface area (Å²) < 4.78 is 18.3. The predicted octanol–water partition coefficient (Wildman–Crippen LogP) is 3.52. The van der Waals surface area contributed by atoms with Crippen molar-refractivity contribution in [2.24, 2.45) is 0 Å². The van der Waals surface area contributed by atoms with Crippen molar-refractivity contribution < 1.29 is 9.13 Å². The van der Waals surface area contributed by atoms with Crippen LogP contribution in [-0.2, 0) is 17.6 Å². The molecule has 96 valence electrons. The van der Waals surface area contributed by atoms with Crippen molar-refractivity contribution in [3.63, 3.8) is 0 Å². The van der Waals surface area contributed by atoms with Gasteiger partial charge in [-0.15, -0.1) is 0 Å². The number of ether oxygens (including phenoxy) is 1. The second-order valence-electron chi connectivity index (χ2n) is 4.38. The van der Waals surface area contributed by atoms with Crippen LogP contribution in [0.5, 0.6) is 0 Å². The number of aryl methyl sites for hydroxylation is 2. The Hall–Kier alpha value is -1.48. The van der Waals surface area contributed by atoms with Crippen LogP contribution in [0.25, 0.3) is 10.9 Å². The van der Waals surface area contributed by atoms with E-state index in [-0.39, 0.29) is 5.82 Å². The van der Waals surface area contributed by atoms with Gasteiger partial charge in [0.05, 0.1) is 5.52 Å². The Morgan fingerprint density at radius 3 is 2.83 bits per heavy atom. The summed E-state index contributed by atoms with van der Waals surface area (Å²) in [4.78, 5) is 4.58. The molecule has 0 N–H and O–H groups in total. The van der Waals surface area contributed by atoms with Crippen molar-refractivity contribution in [2.45, 2.75) is 26.2 Å². The first-order valence-corrected chi connectivity index (χ1v) is 6.31. The Balaban J connectivity index is 2.36. The van der Waals surface area contributed by atoms with Crippen molar-refractivity contribution in [3.8, 4) is 0 Å². The van der Waals surface area contributed by atoms with Gasteiger partial charge in [0.2, 0.25) is 0 Å². The zero-order valence-corrected chi connectivity index (χ0v) is 10.9. The van der Waals surface area contributed by atoms with Crippen LogP contribution in [0.1, 0.15) is 24.6 Å². The monoisotopic (exact) mass is 247 g/mol. The van der Waals surface area contributed by atoms with E-state index < -0.39 is 0 Å². The van der Waals surface area contributed by atoms with Gasteiger partial charge in [0.25, 0.3) is 0 Å². The Morgan fingerprint density at radius 1 is 1.28 bits per heavy atom. The molecule has 1 aromatic heterocycles. The molecule has 2 nitrogen and oxygen atoms in total. The first kappa shape index (κ1) is 13.0. The highest BCUT2D eigenvalue weighted by Crippen LogP contribution is 2.19. The minimum Gasteiger partial charge on any atom is -0.385 e. The van der Waals surface area contributed by atoms with Crippen LogP contribution in [0.3, 0.4) is 0 Å². The highest BCUT2D eigenvalue weighted by atomic mass is 19.1. The standard InChI is InChI=1S/C15H18FNO/c1-3-11-9-12-6-7-13(16)10-15(12)17-14(11)5-4-8-18-2/h6-7,9-10H,3-5,8H2,1-2H3. The molecular weight excluding hydrogens is 229 g/mol. The zero-order valence-electron chi connectivity index (χ0n) is 10.9. The highest BCUT2D eigenvalue weighted by molar-refractivity contribution is 5.79. The fraction of sp³-hybridized carbons (Fsp3) is 0.400. The maximum absolute atomic E-state index is 13.2. The first-order chi connectivity index (χ1) is 8.74. The molecule has 3 heteroatoms. The Bertz CT molecular complexity index is 539. The third kappa shape index (κ3) is 2.85. The maximum atomic E-state index is 13.2. The van der Waals surface area contributed by atoms with Gasteiger partial charge >= 0.3 is 0 Å². The molecule has 0 aliphatic rings. The molecule has 0 atom stereocenters. The lowest BCUT2D eigenvalue weighted by Crippen LogP contribution is -2.01. The molecule has 0 saturated carbocycles. The SMILES string of the molecule is CCc1cc2ccc(F)cc2nc1CCCOC. The number of fused-ring (bicyclic) bond motifs is 1. The molecule has 2 aromatic rings. The van der Waals surface area contributed by atoms with Gasteiger partial charge in [-0.2, -0.15) is 0 Å². The summed E-state index contributed by atoms with van der Waals surface area (Å²) in [6.07, 6.45) is 2.77. The normalized spacial score (nSPS) is 11.1. The summed E-state index contributed by atoms with van der Waals surface area (Å²) in [5, 5.41) is 1.00. The summed E-state index contributed by atoms with van der Waals surface area (Å²) in [7, 11) is 1.70. The van der Waals surface area contributed by atoms with Crippen molar-refractivity contribution in [3.05, 3.63) is 41.3 Å². The van der Waals surface area contributed by atoms with Crippen LogP contribution < -0.4 is 0 Å². The summed E-state index contributed by atoms with van der Waals surface area (Å²) >= 11 is 0. The van der Waals surface area contributed by atoms with Crippen molar-refractivity contribution >= 4 is 10.9 Å². The molecule has 0 spiro atoms. The fourth-order valence-corrected chi connectivity index (χ4v) is 2.13. The predicted molar refractivity (Wildman–Crippen MR) is 71.3 cm³/mol. The summed E-state index contributed by atoms with van der Waals surface area (Å²) in [6.45, 7) is 2.85.